The normalized spacial score (nSPS) is 11.1. The molecule has 0 atom stereocenters. The van der Waals surface area contributed by atoms with Crippen molar-refractivity contribution >= 4 is 21.6 Å². The van der Waals surface area contributed by atoms with Gasteiger partial charge in [0.2, 0.25) is 0 Å². The van der Waals surface area contributed by atoms with Crippen molar-refractivity contribution < 1.29 is 13.2 Å². The van der Waals surface area contributed by atoms with Crippen LogP contribution in [0, 0.1) is 6.92 Å². The van der Waals surface area contributed by atoms with Gasteiger partial charge < -0.3 is 5.32 Å². The Morgan fingerprint density at radius 1 is 1.08 bits per heavy atom. The zero-order chi connectivity index (χ0) is 18.6. The number of hydrogen-bond acceptors (Lipinski definition) is 4. The van der Waals surface area contributed by atoms with E-state index in [0.717, 1.165) is 11.1 Å². The van der Waals surface area contributed by atoms with E-state index >= 15 is 0 Å². The Morgan fingerprint density at radius 2 is 1.77 bits per heavy atom. The molecule has 0 aliphatic heterocycles. The van der Waals surface area contributed by atoms with Gasteiger partial charge in [-0.05, 0) is 24.6 Å². The second-order valence-electron chi connectivity index (χ2n) is 5.75. The maximum Gasteiger partial charge on any atom is 0.279 e. The maximum absolute atomic E-state index is 12.5. The molecular weight excluding hydrogens is 352 g/mol. The number of aryl methyl sites for hydroxylation is 1. The van der Waals surface area contributed by atoms with Crippen LogP contribution in [0.2, 0.25) is 0 Å². The third-order valence-electron chi connectivity index (χ3n) is 3.72. The van der Waals surface area contributed by atoms with Gasteiger partial charge in [-0.2, -0.15) is 13.5 Å². The first-order valence-electron chi connectivity index (χ1n) is 7.91. The summed E-state index contributed by atoms with van der Waals surface area (Å²) in [6.45, 7) is 2.26. The van der Waals surface area contributed by atoms with Crippen LogP contribution in [0.5, 0.6) is 0 Å². The second kappa shape index (κ2) is 7.40. The number of sulfonamides is 1. The molecule has 2 aromatic carbocycles. The fraction of sp³-hybridized carbons (Fsp3) is 0.111. The van der Waals surface area contributed by atoms with Crippen LogP contribution in [0.4, 0.5) is 5.69 Å². The standard InChI is InChI=1S/C18H18N4O3S/c1-13-7-9-14(10-8-13)11-19-17(23)16-12-20-21-18(16)26(24,25)22-15-5-3-2-4-6-15/h2-10,12,22H,11H2,1H3,(H,19,23)(H,20,21). The van der Waals surface area contributed by atoms with Crippen LogP contribution in [-0.2, 0) is 16.6 Å². The zero-order valence-corrected chi connectivity index (χ0v) is 14.9. The minimum absolute atomic E-state index is 0.0412. The van der Waals surface area contributed by atoms with Crippen LogP contribution in [0.25, 0.3) is 0 Å². The van der Waals surface area contributed by atoms with E-state index in [0.29, 0.717) is 5.69 Å². The molecule has 26 heavy (non-hydrogen) atoms. The summed E-state index contributed by atoms with van der Waals surface area (Å²) in [5, 5.41) is 8.54. The minimum Gasteiger partial charge on any atom is -0.348 e. The van der Waals surface area contributed by atoms with Crippen molar-refractivity contribution in [3.8, 4) is 0 Å². The third kappa shape index (κ3) is 4.09. The van der Waals surface area contributed by atoms with Crippen LogP contribution >= 0.6 is 0 Å². The topological polar surface area (TPSA) is 104 Å². The first kappa shape index (κ1) is 17.7. The van der Waals surface area contributed by atoms with Gasteiger partial charge in [0, 0.05) is 12.2 Å². The summed E-state index contributed by atoms with van der Waals surface area (Å²) in [6.07, 6.45) is 1.20. The predicted molar refractivity (Wildman–Crippen MR) is 98.2 cm³/mol. The lowest BCUT2D eigenvalue weighted by atomic mass is 10.1. The van der Waals surface area contributed by atoms with Gasteiger partial charge in [0.15, 0.2) is 5.03 Å². The number of hydrogen-bond donors (Lipinski definition) is 3. The van der Waals surface area contributed by atoms with Gasteiger partial charge in [-0.3, -0.25) is 14.6 Å². The summed E-state index contributed by atoms with van der Waals surface area (Å²) < 4.78 is 27.5. The summed E-state index contributed by atoms with van der Waals surface area (Å²) in [4.78, 5) is 12.4. The number of H-pyrrole nitrogens is 1. The van der Waals surface area contributed by atoms with E-state index in [2.05, 4.69) is 20.2 Å². The molecule has 0 bridgehead atoms. The Bertz CT molecular complexity index is 996. The lowest BCUT2D eigenvalue weighted by Crippen LogP contribution is -2.25. The van der Waals surface area contributed by atoms with Crippen LogP contribution < -0.4 is 10.0 Å². The number of nitrogens with one attached hydrogen (secondary N) is 3. The second-order valence-corrected chi connectivity index (χ2v) is 7.37. The number of para-hydroxylation sites is 1. The molecule has 0 unspecified atom stereocenters. The fourth-order valence-electron chi connectivity index (χ4n) is 2.34. The Kier molecular flexibility index (Phi) is 5.04. The first-order valence-corrected chi connectivity index (χ1v) is 9.39. The van der Waals surface area contributed by atoms with E-state index in [1.807, 2.05) is 31.2 Å². The maximum atomic E-state index is 12.5. The molecule has 0 saturated heterocycles. The molecular formula is C18H18N4O3S. The number of nitrogens with zero attached hydrogens (tertiary/aromatic N) is 1. The van der Waals surface area contributed by atoms with E-state index in [1.54, 1.807) is 30.3 Å². The van der Waals surface area contributed by atoms with E-state index < -0.39 is 15.9 Å². The zero-order valence-electron chi connectivity index (χ0n) is 14.1. The Hall–Kier alpha value is -3.13. The van der Waals surface area contributed by atoms with Gasteiger partial charge in [0.25, 0.3) is 15.9 Å². The van der Waals surface area contributed by atoms with Gasteiger partial charge in [-0.1, -0.05) is 48.0 Å². The summed E-state index contributed by atoms with van der Waals surface area (Å²) in [7, 11) is -3.96. The lowest BCUT2D eigenvalue weighted by Gasteiger charge is -2.09. The molecule has 0 saturated carbocycles. The molecule has 134 valence electrons. The molecule has 0 spiro atoms. The van der Waals surface area contributed by atoms with Gasteiger partial charge in [0.1, 0.15) is 0 Å². The van der Waals surface area contributed by atoms with E-state index in [-0.39, 0.29) is 17.1 Å². The van der Waals surface area contributed by atoms with Gasteiger partial charge in [-0.15, -0.1) is 0 Å². The van der Waals surface area contributed by atoms with Gasteiger partial charge >= 0.3 is 0 Å². The van der Waals surface area contributed by atoms with Crippen LogP contribution in [0.3, 0.4) is 0 Å². The van der Waals surface area contributed by atoms with Crippen molar-refractivity contribution in [2.75, 3.05) is 4.72 Å². The van der Waals surface area contributed by atoms with Crippen molar-refractivity contribution in [3.63, 3.8) is 0 Å². The molecule has 1 aromatic heterocycles. The number of carbonyl (C=O) groups excluding carboxylic acids is 1. The predicted octanol–water partition coefficient (Wildman–Crippen LogP) is 2.45. The Balaban J connectivity index is 1.74. The van der Waals surface area contributed by atoms with Crippen molar-refractivity contribution in [2.45, 2.75) is 18.5 Å². The van der Waals surface area contributed by atoms with Crippen LogP contribution in [0.15, 0.2) is 65.8 Å². The Morgan fingerprint density at radius 3 is 2.46 bits per heavy atom. The number of amides is 1. The van der Waals surface area contributed by atoms with Crippen molar-refractivity contribution in [1.82, 2.24) is 15.5 Å². The molecule has 1 amide bonds. The highest BCUT2D eigenvalue weighted by molar-refractivity contribution is 7.92. The van der Waals surface area contributed by atoms with E-state index in [1.165, 1.54) is 6.20 Å². The number of carbonyl (C=O) groups is 1. The van der Waals surface area contributed by atoms with Gasteiger partial charge in [-0.25, -0.2) is 0 Å². The van der Waals surface area contributed by atoms with E-state index in [9.17, 15) is 13.2 Å². The molecule has 3 aromatic rings. The largest absolute Gasteiger partial charge is 0.348 e. The number of aromatic nitrogens is 2. The fourth-order valence-corrected chi connectivity index (χ4v) is 3.49. The Labute approximate surface area is 151 Å². The smallest absolute Gasteiger partial charge is 0.279 e. The summed E-state index contributed by atoms with van der Waals surface area (Å²) in [5.74, 6) is -0.521. The SMILES string of the molecule is Cc1ccc(CNC(=O)c2cn[nH]c2S(=O)(=O)Nc2ccccc2)cc1. The van der Waals surface area contributed by atoms with Gasteiger partial charge in [0.05, 0.1) is 11.8 Å². The minimum atomic E-state index is -3.96. The average Bonchev–Trinajstić information content (AvgIpc) is 3.12. The summed E-state index contributed by atoms with van der Waals surface area (Å²) >= 11 is 0. The molecule has 8 heteroatoms. The van der Waals surface area contributed by atoms with Crippen molar-refractivity contribution in [1.29, 1.82) is 0 Å². The summed E-state index contributed by atoms with van der Waals surface area (Å²) in [5.41, 5.74) is 2.39. The van der Waals surface area contributed by atoms with Crippen LogP contribution in [0.1, 0.15) is 21.5 Å². The molecule has 0 radical (unpaired) electrons. The average molecular weight is 370 g/mol. The molecule has 7 nitrogen and oxygen atoms in total. The number of anilines is 1. The lowest BCUT2D eigenvalue weighted by molar-refractivity contribution is 0.0947. The number of benzene rings is 2. The van der Waals surface area contributed by atoms with E-state index in [4.69, 9.17) is 0 Å². The highest BCUT2D eigenvalue weighted by Crippen LogP contribution is 2.17. The number of rotatable bonds is 6. The molecule has 0 aliphatic carbocycles. The summed E-state index contributed by atoms with van der Waals surface area (Å²) in [6, 6.07) is 16.1. The van der Waals surface area contributed by atoms with Crippen molar-refractivity contribution in [2.24, 2.45) is 0 Å². The van der Waals surface area contributed by atoms with Crippen LogP contribution in [-0.4, -0.2) is 24.5 Å². The molecule has 3 N–H and O–H groups in total. The molecule has 0 fully saturated rings. The number of aromatic amines is 1. The quantitative estimate of drug-likeness (QED) is 0.620. The molecule has 1 heterocycles. The highest BCUT2D eigenvalue weighted by Gasteiger charge is 2.25. The third-order valence-corrected chi connectivity index (χ3v) is 5.07. The molecule has 0 aliphatic rings. The molecule has 3 rings (SSSR count). The highest BCUT2D eigenvalue weighted by atomic mass is 32.2. The van der Waals surface area contributed by atoms with Crippen molar-refractivity contribution in [3.05, 3.63) is 77.5 Å². The monoisotopic (exact) mass is 370 g/mol. The first-order chi connectivity index (χ1) is 12.5.